The molecule has 2 fully saturated rings. The second-order valence-electron chi connectivity index (χ2n) is 8.36. The number of hydrogen-bond donors (Lipinski definition) is 1. The van der Waals surface area contributed by atoms with Gasteiger partial charge in [0.15, 0.2) is 5.96 Å². The number of hydrogen-bond acceptors (Lipinski definition) is 5. The molecule has 32 heavy (non-hydrogen) atoms. The van der Waals surface area contributed by atoms with Crippen molar-refractivity contribution in [3.05, 3.63) is 42.2 Å². The molecule has 0 aliphatic carbocycles. The number of benzene rings is 1. The van der Waals surface area contributed by atoms with Crippen LogP contribution < -0.4 is 10.1 Å². The van der Waals surface area contributed by atoms with Crippen molar-refractivity contribution in [2.24, 2.45) is 4.99 Å². The fourth-order valence-electron chi connectivity index (χ4n) is 4.25. The summed E-state index contributed by atoms with van der Waals surface area (Å²) in [6, 6.07) is 9.89. The Morgan fingerprint density at radius 3 is 2.66 bits per heavy atom. The van der Waals surface area contributed by atoms with Gasteiger partial charge in [0.1, 0.15) is 5.75 Å². The van der Waals surface area contributed by atoms with Gasteiger partial charge in [-0.2, -0.15) is 5.10 Å². The van der Waals surface area contributed by atoms with E-state index < -0.39 is 0 Å². The summed E-state index contributed by atoms with van der Waals surface area (Å²) in [6.45, 7) is 4.12. The third kappa shape index (κ3) is 6.01. The maximum atomic E-state index is 6.14. The van der Waals surface area contributed by atoms with Crippen LogP contribution in [0.5, 0.6) is 5.75 Å². The summed E-state index contributed by atoms with van der Waals surface area (Å²) in [5.41, 5.74) is 1.97. The number of aromatic nitrogens is 2. The van der Waals surface area contributed by atoms with Gasteiger partial charge in [0.05, 0.1) is 43.9 Å². The topological polar surface area (TPSA) is 73.1 Å². The second kappa shape index (κ2) is 11.3. The lowest BCUT2D eigenvalue weighted by atomic mass is 10.1. The molecule has 1 N–H and O–H groups in total. The largest absolute Gasteiger partial charge is 0.497 e. The first kappa shape index (κ1) is 22.6. The Morgan fingerprint density at radius 1 is 1.16 bits per heavy atom. The second-order valence-corrected chi connectivity index (χ2v) is 8.36. The Hall–Kier alpha value is -2.58. The van der Waals surface area contributed by atoms with Crippen LogP contribution in [0, 0.1) is 0 Å². The molecule has 1 aromatic carbocycles. The van der Waals surface area contributed by atoms with Crippen LogP contribution in [-0.2, 0) is 16.0 Å². The molecule has 2 aliphatic rings. The van der Waals surface area contributed by atoms with Gasteiger partial charge in [-0.3, -0.25) is 4.99 Å². The molecule has 0 amide bonds. The van der Waals surface area contributed by atoms with E-state index in [1.54, 1.807) is 7.11 Å². The lowest BCUT2D eigenvalue weighted by Gasteiger charge is -2.35. The molecule has 1 atom stereocenters. The highest BCUT2D eigenvalue weighted by atomic mass is 16.5. The van der Waals surface area contributed by atoms with E-state index in [0.29, 0.717) is 12.6 Å². The molecule has 1 unspecified atom stereocenters. The summed E-state index contributed by atoms with van der Waals surface area (Å²) in [6.07, 6.45) is 8.17. The van der Waals surface area contributed by atoms with Crippen molar-refractivity contribution >= 4 is 5.96 Å². The first-order valence-electron chi connectivity index (χ1n) is 11.6. The molecule has 8 heteroatoms. The molecule has 0 saturated carbocycles. The molecule has 3 heterocycles. The third-order valence-electron chi connectivity index (χ3n) is 6.15. The van der Waals surface area contributed by atoms with Crippen LogP contribution in [0.4, 0.5) is 0 Å². The highest BCUT2D eigenvalue weighted by Crippen LogP contribution is 2.18. The first-order chi connectivity index (χ1) is 15.7. The van der Waals surface area contributed by atoms with Crippen molar-refractivity contribution in [2.45, 2.75) is 50.9 Å². The van der Waals surface area contributed by atoms with Gasteiger partial charge in [0, 0.05) is 32.9 Å². The van der Waals surface area contributed by atoms with E-state index in [9.17, 15) is 0 Å². The Kier molecular flexibility index (Phi) is 8.01. The van der Waals surface area contributed by atoms with E-state index in [1.807, 2.05) is 48.3 Å². The van der Waals surface area contributed by atoms with E-state index in [-0.39, 0.29) is 6.10 Å². The number of likely N-dealkylation sites (tertiary alicyclic amines) is 1. The monoisotopic (exact) mass is 441 g/mol. The van der Waals surface area contributed by atoms with Crippen LogP contribution in [0.15, 0.2) is 41.5 Å². The fourth-order valence-corrected chi connectivity index (χ4v) is 4.25. The van der Waals surface area contributed by atoms with E-state index in [0.717, 1.165) is 68.7 Å². The number of guanidine groups is 1. The van der Waals surface area contributed by atoms with Gasteiger partial charge in [-0.1, -0.05) is 0 Å². The standard InChI is InChI=1S/C24H35N5O3/c1-25-24(28-13-11-22(12-14-28)32-18-23-5-3-4-16-31-23)26-17-19-10-15-29(27-19)20-6-8-21(30-2)9-7-20/h6-10,15,22-23H,3-5,11-14,16-18H2,1-2H3,(H,25,26). The molecule has 174 valence electrons. The molecule has 2 aromatic rings. The molecule has 0 spiro atoms. The molecule has 4 rings (SSSR count). The van der Waals surface area contributed by atoms with Gasteiger partial charge in [0.25, 0.3) is 0 Å². The minimum absolute atomic E-state index is 0.286. The summed E-state index contributed by atoms with van der Waals surface area (Å²) < 4.78 is 19.0. The quantitative estimate of drug-likeness (QED) is 0.526. The summed E-state index contributed by atoms with van der Waals surface area (Å²) in [5.74, 6) is 1.75. The zero-order valence-corrected chi connectivity index (χ0v) is 19.2. The zero-order chi connectivity index (χ0) is 22.2. The summed E-state index contributed by atoms with van der Waals surface area (Å²) in [7, 11) is 3.50. The highest BCUT2D eigenvalue weighted by molar-refractivity contribution is 5.79. The Balaban J connectivity index is 1.22. The van der Waals surface area contributed by atoms with Crippen molar-refractivity contribution in [1.82, 2.24) is 20.0 Å². The molecule has 2 aliphatic heterocycles. The average molecular weight is 442 g/mol. The average Bonchev–Trinajstić information content (AvgIpc) is 3.33. The highest BCUT2D eigenvalue weighted by Gasteiger charge is 2.23. The number of rotatable bonds is 7. The van der Waals surface area contributed by atoms with Crippen molar-refractivity contribution in [3.8, 4) is 11.4 Å². The van der Waals surface area contributed by atoms with Gasteiger partial charge in [-0.15, -0.1) is 0 Å². The van der Waals surface area contributed by atoms with Crippen LogP contribution >= 0.6 is 0 Å². The van der Waals surface area contributed by atoms with E-state index in [1.165, 1.54) is 12.8 Å². The number of nitrogens with one attached hydrogen (secondary N) is 1. The number of piperidine rings is 1. The van der Waals surface area contributed by atoms with E-state index in [2.05, 4.69) is 20.3 Å². The lowest BCUT2D eigenvalue weighted by molar-refractivity contribution is -0.0721. The van der Waals surface area contributed by atoms with Crippen LogP contribution in [0.1, 0.15) is 37.8 Å². The normalized spacial score (nSPS) is 20.4. The minimum Gasteiger partial charge on any atom is -0.497 e. The SMILES string of the molecule is CN=C(NCc1ccn(-c2ccc(OC)cc2)n1)N1CCC(OCC2CCCCO2)CC1. The predicted octanol–water partition coefficient (Wildman–Crippen LogP) is 3.01. The summed E-state index contributed by atoms with van der Waals surface area (Å²) in [5, 5.41) is 8.13. The molecular weight excluding hydrogens is 406 g/mol. The van der Waals surface area contributed by atoms with Crippen molar-refractivity contribution in [3.63, 3.8) is 0 Å². The van der Waals surface area contributed by atoms with Gasteiger partial charge < -0.3 is 24.4 Å². The minimum atomic E-state index is 0.286. The smallest absolute Gasteiger partial charge is 0.193 e. The van der Waals surface area contributed by atoms with Crippen LogP contribution in [0.3, 0.4) is 0 Å². The molecule has 1 aromatic heterocycles. The van der Waals surface area contributed by atoms with Gasteiger partial charge in [-0.25, -0.2) is 4.68 Å². The van der Waals surface area contributed by atoms with Crippen LogP contribution in [0.2, 0.25) is 0 Å². The van der Waals surface area contributed by atoms with E-state index in [4.69, 9.17) is 14.2 Å². The summed E-state index contributed by atoms with van der Waals surface area (Å²) in [4.78, 5) is 6.78. The zero-order valence-electron chi connectivity index (χ0n) is 19.2. The number of aliphatic imine (C=N–C) groups is 1. The Labute approximate surface area is 190 Å². The Bertz CT molecular complexity index is 853. The molecule has 2 saturated heterocycles. The Morgan fingerprint density at radius 2 is 1.97 bits per heavy atom. The van der Waals surface area contributed by atoms with Gasteiger partial charge in [-0.05, 0) is 62.4 Å². The van der Waals surface area contributed by atoms with E-state index >= 15 is 0 Å². The molecule has 8 nitrogen and oxygen atoms in total. The molecule has 0 bridgehead atoms. The molecular formula is C24H35N5O3. The van der Waals surface area contributed by atoms with Crippen LogP contribution in [-0.4, -0.2) is 73.3 Å². The lowest BCUT2D eigenvalue weighted by Crippen LogP contribution is -2.47. The summed E-state index contributed by atoms with van der Waals surface area (Å²) >= 11 is 0. The number of nitrogens with zero attached hydrogens (tertiary/aromatic N) is 4. The first-order valence-corrected chi connectivity index (χ1v) is 11.6. The third-order valence-corrected chi connectivity index (χ3v) is 6.15. The van der Waals surface area contributed by atoms with Gasteiger partial charge in [0.2, 0.25) is 0 Å². The maximum Gasteiger partial charge on any atom is 0.193 e. The van der Waals surface area contributed by atoms with Crippen molar-refractivity contribution in [2.75, 3.05) is 40.5 Å². The predicted molar refractivity (Wildman–Crippen MR) is 124 cm³/mol. The maximum absolute atomic E-state index is 6.14. The fraction of sp³-hybridized carbons (Fsp3) is 0.583. The molecule has 0 radical (unpaired) electrons. The van der Waals surface area contributed by atoms with Crippen LogP contribution in [0.25, 0.3) is 5.69 Å². The van der Waals surface area contributed by atoms with Crippen molar-refractivity contribution < 1.29 is 14.2 Å². The van der Waals surface area contributed by atoms with Gasteiger partial charge >= 0.3 is 0 Å². The number of methoxy groups -OCH3 is 1. The van der Waals surface area contributed by atoms with Crippen molar-refractivity contribution in [1.29, 1.82) is 0 Å². The number of ether oxygens (including phenoxy) is 3.